The Labute approximate surface area is 155 Å². The summed E-state index contributed by atoms with van der Waals surface area (Å²) in [5.74, 6) is -0.0309. The fourth-order valence-electron chi connectivity index (χ4n) is 2.05. The average molecular weight is 406 g/mol. The van der Waals surface area contributed by atoms with Crippen LogP contribution in [0.1, 0.15) is 16.4 Å². The number of aryl methyl sites for hydroxylation is 1. The zero-order valence-electron chi connectivity index (χ0n) is 13.8. The predicted octanol–water partition coefficient (Wildman–Crippen LogP) is 1.50. The predicted molar refractivity (Wildman–Crippen MR) is 95.9 cm³/mol. The number of carbonyl (C=O) groups excluding carboxylic acids is 1. The van der Waals surface area contributed by atoms with Crippen LogP contribution in [0.25, 0.3) is 5.69 Å². The van der Waals surface area contributed by atoms with E-state index in [4.69, 9.17) is 23.2 Å². The normalized spacial score (nSPS) is 11.6. The van der Waals surface area contributed by atoms with Crippen LogP contribution in [-0.2, 0) is 10.0 Å². The van der Waals surface area contributed by atoms with Gasteiger partial charge in [0.25, 0.3) is 5.91 Å². The summed E-state index contributed by atoms with van der Waals surface area (Å²) in [7, 11) is -1.78. The second-order valence-electron chi connectivity index (χ2n) is 5.36. The Kier molecular flexibility index (Phi) is 6.04. The fraction of sp³-hybridized carbons (Fsp3) is 0.357. The standard InChI is InChI=1S/C14H17Cl2N5O3S/c1-9-18-13(14(22)20(2)8-7-17-25(3,23)24)19-21(9)12-10(15)5-4-6-11(12)16/h4-6,17H,7-8H2,1-3H3. The van der Waals surface area contributed by atoms with Gasteiger partial charge in [-0.1, -0.05) is 29.3 Å². The molecule has 0 atom stereocenters. The average Bonchev–Trinajstić information content (AvgIpc) is 2.87. The highest BCUT2D eigenvalue weighted by Crippen LogP contribution is 2.28. The highest BCUT2D eigenvalue weighted by molar-refractivity contribution is 7.88. The van der Waals surface area contributed by atoms with Crippen LogP contribution < -0.4 is 4.72 Å². The van der Waals surface area contributed by atoms with Crippen LogP contribution in [0.2, 0.25) is 10.0 Å². The van der Waals surface area contributed by atoms with Crippen LogP contribution in [0, 0.1) is 6.92 Å². The van der Waals surface area contributed by atoms with Gasteiger partial charge in [-0.3, -0.25) is 4.79 Å². The van der Waals surface area contributed by atoms with Crippen molar-refractivity contribution in [2.24, 2.45) is 0 Å². The monoisotopic (exact) mass is 405 g/mol. The van der Waals surface area contributed by atoms with Crippen molar-refractivity contribution >= 4 is 39.1 Å². The molecule has 25 heavy (non-hydrogen) atoms. The number of aromatic nitrogens is 3. The molecule has 0 bridgehead atoms. The van der Waals surface area contributed by atoms with E-state index in [-0.39, 0.29) is 18.9 Å². The first-order chi connectivity index (χ1) is 11.6. The van der Waals surface area contributed by atoms with E-state index in [1.807, 2.05) is 0 Å². The molecule has 0 saturated heterocycles. The highest BCUT2D eigenvalue weighted by atomic mass is 35.5. The van der Waals surface area contributed by atoms with E-state index in [9.17, 15) is 13.2 Å². The molecule has 1 aromatic heterocycles. The van der Waals surface area contributed by atoms with Crippen LogP contribution in [-0.4, -0.2) is 60.4 Å². The Morgan fingerprint density at radius 1 is 1.32 bits per heavy atom. The van der Waals surface area contributed by atoms with Gasteiger partial charge >= 0.3 is 0 Å². The largest absolute Gasteiger partial charge is 0.338 e. The van der Waals surface area contributed by atoms with Crippen molar-refractivity contribution in [2.75, 3.05) is 26.4 Å². The number of sulfonamides is 1. The van der Waals surface area contributed by atoms with Gasteiger partial charge in [-0.15, -0.1) is 5.10 Å². The van der Waals surface area contributed by atoms with Gasteiger partial charge in [0, 0.05) is 20.1 Å². The lowest BCUT2D eigenvalue weighted by atomic mass is 10.3. The first kappa shape index (κ1) is 19.6. The van der Waals surface area contributed by atoms with Gasteiger partial charge in [0.1, 0.15) is 11.5 Å². The Balaban J connectivity index is 2.20. The third-order valence-corrected chi connectivity index (χ3v) is 4.61. The Morgan fingerprint density at radius 3 is 2.48 bits per heavy atom. The third-order valence-electron chi connectivity index (χ3n) is 3.27. The number of carbonyl (C=O) groups is 1. The molecule has 136 valence electrons. The molecule has 0 aliphatic rings. The Hall–Kier alpha value is -1.68. The first-order valence-corrected chi connectivity index (χ1v) is 9.83. The van der Waals surface area contributed by atoms with Gasteiger partial charge in [-0.05, 0) is 19.1 Å². The molecular formula is C14H17Cl2N5O3S. The minimum Gasteiger partial charge on any atom is -0.338 e. The van der Waals surface area contributed by atoms with Crippen LogP contribution in [0.5, 0.6) is 0 Å². The van der Waals surface area contributed by atoms with Crippen molar-refractivity contribution in [1.29, 1.82) is 0 Å². The van der Waals surface area contributed by atoms with Gasteiger partial charge in [0.05, 0.1) is 16.3 Å². The molecule has 0 aliphatic heterocycles. The number of amides is 1. The SMILES string of the molecule is Cc1nc(C(=O)N(C)CCNS(C)(=O)=O)nn1-c1c(Cl)cccc1Cl. The van der Waals surface area contributed by atoms with E-state index >= 15 is 0 Å². The molecule has 1 amide bonds. The van der Waals surface area contributed by atoms with E-state index in [0.29, 0.717) is 21.6 Å². The zero-order valence-corrected chi connectivity index (χ0v) is 16.2. The molecule has 0 fully saturated rings. The molecule has 0 spiro atoms. The van der Waals surface area contributed by atoms with Crippen LogP contribution in [0.15, 0.2) is 18.2 Å². The number of benzene rings is 1. The van der Waals surface area contributed by atoms with Crippen LogP contribution >= 0.6 is 23.2 Å². The van der Waals surface area contributed by atoms with Gasteiger partial charge < -0.3 is 4.90 Å². The van der Waals surface area contributed by atoms with E-state index in [1.54, 1.807) is 25.1 Å². The highest BCUT2D eigenvalue weighted by Gasteiger charge is 2.21. The summed E-state index contributed by atoms with van der Waals surface area (Å²) in [5, 5.41) is 4.95. The van der Waals surface area contributed by atoms with Crippen LogP contribution in [0.3, 0.4) is 0 Å². The molecule has 1 aromatic carbocycles. The molecule has 8 nitrogen and oxygen atoms in total. The lowest BCUT2D eigenvalue weighted by molar-refractivity contribution is 0.0785. The first-order valence-electron chi connectivity index (χ1n) is 7.18. The summed E-state index contributed by atoms with van der Waals surface area (Å²) >= 11 is 12.3. The van der Waals surface area contributed by atoms with Crippen molar-refractivity contribution in [3.8, 4) is 5.69 Å². The smallest absolute Gasteiger partial charge is 0.293 e. The summed E-state index contributed by atoms with van der Waals surface area (Å²) in [4.78, 5) is 17.9. The van der Waals surface area contributed by atoms with Crippen molar-refractivity contribution in [3.63, 3.8) is 0 Å². The summed E-state index contributed by atoms with van der Waals surface area (Å²) < 4.78 is 25.8. The second-order valence-corrected chi connectivity index (χ2v) is 8.01. The summed E-state index contributed by atoms with van der Waals surface area (Å²) in [5.41, 5.74) is 0.441. The Bertz CT molecular complexity index is 878. The third kappa shape index (κ3) is 4.91. The fourth-order valence-corrected chi connectivity index (χ4v) is 3.07. The molecule has 1 heterocycles. The van der Waals surface area contributed by atoms with E-state index in [1.165, 1.54) is 16.6 Å². The van der Waals surface area contributed by atoms with E-state index < -0.39 is 15.9 Å². The van der Waals surface area contributed by atoms with Crippen molar-refractivity contribution in [3.05, 3.63) is 39.9 Å². The van der Waals surface area contributed by atoms with Gasteiger partial charge in [-0.25, -0.2) is 22.8 Å². The molecule has 11 heteroatoms. The van der Waals surface area contributed by atoms with Crippen LogP contribution in [0.4, 0.5) is 0 Å². The van der Waals surface area contributed by atoms with Gasteiger partial charge in [-0.2, -0.15) is 0 Å². The maximum atomic E-state index is 12.4. The van der Waals surface area contributed by atoms with E-state index in [2.05, 4.69) is 14.8 Å². The zero-order chi connectivity index (χ0) is 18.8. The molecule has 0 unspecified atom stereocenters. The topological polar surface area (TPSA) is 97.2 Å². The number of hydrogen-bond acceptors (Lipinski definition) is 5. The summed E-state index contributed by atoms with van der Waals surface area (Å²) in [6.07, 6.45) is 1.05. The summed E-state index contributed by atoms with van der Waals surface area (Å²) in [6, 6.07) is 5.03. The number of nitrogens with one attached hydrogen (secondary N) is 1. The number of nitrogens with zero attached hydrogens (tertiary/aromatic N) is 4. The Morgan fingerprint density at radius 2 is 1.92 bits per heavy atom. The summed E-state index contributed by atoms with van der Waals surface area (Å²) in [6.45, 7) is 1.94. The maximum absolute atomic E-state index is 12.4. The van der Waals surface area contributed by atoms with E-state index in [0.717, 1.165) is 6.26 Å². The number of para-hydroxylation sites is 1. The van der Waals surface area contributed by atoms with Gasteiger partial charge in [0.2, 0.25) is 15.8 Å². The lowest BCUT2D eigenvalue weighted by Gasteiger charge is -2.15. The molecule has 1 N–H and O–H groups in total. The number of hydrogen-bond donors (Lipinski definition) is 1. The molecule has 2 rings (SSSR count). The van der Waals surface area contributed by atoms with Crippen molar-refractivity contribution < 1.29 is 13.2 Å². The lowest BCUT2D eigenvalue weighted by Crippen LogP contribution is -2.36. The molecule has 2 aromatic rings. The number of likely N-dealkylation sites (N-methyl/N-ethyl adjacent to an activating group) is 1. The quantitative estimate of drug-likeness (QED) is 0.784. The second kappa shape index (κ2) is 7.69. The molecule has 0 saturated carbocycles. The van der Waals surface area contributed by atoms with Crippen molar-refractivity contribution in [2.45, 2.75) is 6.92 Å². The molecule has 0 radical (unpaired) electrons. The van der Waals surface area contributed by atoms with Gasteiger partial charge in [0.15, 0.2) is 0 Å². The molecule has 0 aliphatic carbocycles. The minimum absolute atomic E-state index is 0.0321. The number of rotatable bonds is 6. The number of halogens is 2. The maximum Gasteiger partial charge on any atom is 0.293 e. The minimum atomic E-state index is -3.31. The molecular weight excluding hydrogens is 389 g/mol. The van der Waals surface area contributed by atoms with Crippen molar-refractivity contribution in [1.82, 2.24) is 24.4 Å².